The zero-order chi connectivity index (χ0) is 10.6. The Morgan fingerprint density at radius 3 is 2.93 bits per heavy atom. The first-order valence-electron chi connectivity index (χ1n) is 5.19. The molecular weight excluding hydrogens is 180 g/mol. The van der Waals surface area contributed by atoms with Gasteiger partial charge in [-0.1, -0.05) is 0 Å². The number of likely N-dealkylation sites (tertiary alicyclic amines) is 1. The van der Waals surface area contributed by atoms with Crippen LogP contribution < -0.4 is 5.73 Å². The quantitative estimate of drug-likeness (QED) is 0.713. The molecular formula is C10H20N2O2. The van der Waals surface area contributed by atoms with Gasteiger partial charge >= 0.3 is 0 Å². The van der Waals surface area contributed by atoms with Gasteiger partial charge in [0.2, 0.25) is 5.91 Å². The number of hydrogen-bond acceptors (Lipinski definition) is 3. The summed E-state index contributed by atoms with van der Waals surface area (Å²) >= 11 is 0. The van der Waals surface area contributed by atoms with Crippen LogP contribution in [0.1, 0.15) is 26.2 Å². The molecule has 1 aliphatic rings. The third-order valence-corrected chi connectivity index (χ3v) is 2.74. The number of carbonyl (C=O) groups is 1. The van der Waals surface area contributed by atoms with Gasteiger partial charge in [0, 0.05) is 32.7 Å². The van der Waals surface area contributed by atoms with E-state index in [4.69, 9.17) is 10.5 Å². The second kappa shape index (κ2) is 5.32. The molecule has 0 aromatic rings. The fourth-order valence-corrected chi connectivity index (χ4v) is 1.62. The fraction of sp³-hybridized carbons (Fsp3) is 0.900. The zero-order valence-electron chi connectivity index (χ0n) is 9.03. The van der Waals surface area contributed by atoms with Gasteiger partial charge in [-0.05, 0) is 19.8 Å². The summed E-state index contributed by atoms with van der Waals surface area (Å²) in [5.74, 6) is 0.210. The van der Waals surface area contributed by atoms with Crippen molar-refractivity contribution >= 4 is 5.91 Å². The number of carbonyl (C=O) groups excluding carboxylic acids is 1. The minimum atomic E-state index is 0.162. The van der Waals surface area contributed by atoms with Crippen LogP contribution in [0.3, 0.4) is 0 Å². The lowest BCUT2D eigenvalue weighted by Crippen LogP contribution is -2.32. The molecule has 4 heteroatoms. The Bertz CT molecular complexity index is 197. The second-order valence-corrected chi connectivity index (χ2v) is 3.97. The summed E-state index contributed by atoms with van der Waals surface area (Å²) in [7, 11) is 1.67. The largest absolute Gasteiger partial charge is 0.382 e. The monoisotopic (exact) mass is 200 g/mol. The van der Waals surface area contributed by atoms with E-state index in [1.165, 1.54) is 0 Å². The first kappa shape index (κ1) is 11.5. The predicted octanol–water partition coefficient (Wildman–Crippen LogP) is 0.361. The van der Waals surface area contributed by atoms with Gasteiger partial charge in [-0.2, -0.15) is 0 Å². The minimum absolute atomic E-state index is 0.162. The van der Waals surface area contributed by atoms with E-state index in [-0.39, 0.29) is 18.1 Å². The van der Waals surface area contributed by atoms with Crippen LogP contribution in [-0.4, -0.2) is 43.2 Å². The van der Waals surface area contributed by atoms with Gasteiger partial charge in [-0.15, -0.1) is 0 Å². The molecule has 0 aromatic carbocycles. The van der Waals surface area contributed by atoms with E-state index in [0.717, 1.165) is 25.9 Å². The molecule has 0 aromatic heterocycles. The summed E-state index contributed by atoms with van der Waals surface area (Å²) in [6.07, 6.45) is 2.46. The van der Waals surface area contributed by atoms with Crippen molar-refractivity contribution < 1.29 is 9.53 Å². The lowest BCUT2D eigenvalue weighted by molar-refractivity contribution is -0.130. The lowest BCUT2D eigenvalue weighted by Gasteiger charge is -2.16. The van der Waals surface area contributed by atoms with Crippen LogP contribution in [0.25, 0.3) is 0 Å². The van der Waals surface area contributed by atoms with Crippen molar-refractivity contribution in [2.45, 2.75) is 38.3 Å². The number of hydrogen-bond donors (Lipinski definition) is 1. The van der Waals surface area contributed by atoms with Crippen LogP contribution in [0, 0.1) is 0 Å². The molecule has 0 spiro atoms. The highest BCUT2D eigenvalue weighted by atomic mass is 16.5. The van der Waals surface area contributed by atoms with Crippen LogP contribution in [-0.2, 0) is 9.53 Å². The maximum absolute atomic E-state index is 11.6. The number of ether oxygens (including phenoxy) is 1. The van der Waals surface area contributed by atoms with Crippen LogP contribution in [0.15, 0.2) is 0 Å². The third-order valence-electron chi connectivity index (χ3n) is 2.74. The van der Waals surface area contributed by atoms with Gasteiger partial charge < -0.3 is 15.4 Å². The Hall–Kier alpha value is -0.610. The molecule has 1 aliphatic heterocycles. The molecule has 1 amide bonds. The summed E-state index contributed by atoms with van der Waals surface area (Å²) < 4.78 is 5.09. The summed E-state index contributed by atoms with van der Waals surface area (Å²) in [4.78, 5) is 13.5. The molecule has 2 atom stereocenters. The van der Waals surface area contributed by atoms with E-state index in [2.05, 4.69) is 0 Å². The first-order chi connectivity index (χ1) is 6.63. The van der Waals surface area contributed by atoms with Gasteiger partial charge in [0.1, 0.15) is 0 Å². The van der Waals surface area contributed by atoms with Gasteiger partial charge in [-0.25, -0.2) is 0 Å². The van der Waals surface area contributed by atoms with E-state index < -0.39 is 0 Å². The van der Waals surface area contributed by atoms with E-state index in [1.54, 1.807) is 7.11 Å². The normalized spacial score (nSPS) is 23.9. The number of rotatable bonds is 4. The molecule has 1 rings (SSSR count). The number of methoxy groups -OCH3 is 1. The maximum Gasteiger partial charge on any atom is 0.222 e. The topological polar surface area (TPSA) is 55.6 Å². The molecule has 1 unspecified atom stereocenters. The molecule has 82 valence electrons. The molecule has 0 radical (unpaired) electrons. The van der Waals surface area contributed by atoms with E-state index >= 15 is 0 Å². The second-order valence-electron chi connectivity index (χ2n) is 3.97. The number of nitrogens with zero attached hydrogens (tertiary/aromatic N) is 1. The standard InChI is InChI=1S/C10H20N2O2/c1-8(14-2)3-4-10(13)12-6-5-9(11)7-12/h8-9H,3-7,11H2,1-2H3/t8?,9-/m1/s1. The highest BCUT2D eigenvalue weighted by Crippen LogP contribution is 2.10. The van der Waals surface area contributed by atoms with Gasteiger partial charge in [-0.3, -0.25) is 4.79 Å². The average Bonchev–Trinajstić information content (AvgIpc) is 2.60. The highest BCUT2D eigenvalue weighted by Gasteiger charge is 2.23. The van der Waals surface area contributed by atoms with Crippen LogP contribution >= 0.6 is 0 Å². The Morgan fingerprint density at radius 1 is 1.71 bits per heavy atom. The van der Waals surface area contributed by atoms with Gasteiger partial charge in [0.15, 0.2) is 0 Å². The molecule has 0 saturated carbocycles. The van der Waals surface area contributed by atoms with Crippen molar-refractivity contribution in [1.29, 1.82) is 0 Å². The summed E-state index contributed by atoms with van der Waals surface area (Å²) in [5, 5.41) is 0. The lowest BCUT2D eigenvalue weighted by atomic mass is 10.2. The fourth-order valence-electron chi connectivity index (χ4n) is 1.62. The third kappa shape index (κ3) is 3.27. The first-order valence-corrected chi connectivity index (χ1v) is 5.19. The minimum Gasteiger partial charge on any atom is -0.382 e. The smallest absolute Gasteiger partial charge is 0.222 e. The Balaban J connectivity index is 2.22. The molecule has 0 aliphatic carbocycles. The van der Waals surface area contributed by atoms with Gasteiger partial charge in [0.25, 0.3) is 0 Å². The molecule has 14 heavy (non-hydrogen) atoms. The highest BCUT2D eigenvalue weighted by molar-refractivity contribution is 5.76. The molecule has 1 fully saturated rings. The maximum atomic E-state index is 11.6. The average molecular weight is 200 g/mol. The number of nitrogens with two attached hydrogens (primary N) is 1. The van der Waals surface area contributed by atoms with Crippen LogP contribution in [0.2, 0.25) is 0 Å². The molecule has 1 heterocycles. The van der Waals surface area contributed by atoms with Crippen molar-refractivity contribution in [3.05, 3.63) is 0 Å². The van der Waals surface area contributed by atoms with Crippen LogP contribution in [0.5, 0.6) is 0 Å². The zero-order valence-corrected chi connectivity index (χ0v) is 9.03. The Morgan fingerprint density at radius 2 is 2.43 bits per heavy atom. The van der Waals surface area contributed by atoms with Crippen molar-refractivity contribution in [3.63, 3.8) is 0 Å². The Labute approximate surface area is 85.4 Å². The van der Waals surface area contributed by atoms with E-state index in [1.807, 2.05) is 11.8 Å². The molecule has 0 bridgehead atoms. The van der Waals surface area contributed by atoms with Crippen molar-refractivity contribution in [2.75, 3.05) is 20.2 Å². The number of amides is 1. The molecule has 2 N–H and O–H groups in total. The summed E-state index contributed by atoms with van der Waals surface area (Å²) in [5.41, 5.74) is 5.73. The van der Waals surface area contributed by atoms with Crippen molar-refractivity contribution in [2.24, 2.45) is 5.73 Å². The van der Waals surface area contributed by atoms with Crippen LogP contribution in [0.4, 0.5) is 0 Å². The van der Waals surface area contributed by atoms with E-state index in [0.29, 0.717) is 6.42 Å². The van der Waals surface area contributed by atoms with Crippen molar-refractivity contribution in [1.82, 2.24) is 4.90 Å². The van der Waals surface area contributed by atoms with Gasteiger partial charge in [0.05, 0.1) is 6.10 Å². The summed E-state index contributed by atoms with van der Waals surface area (Å²) in [6.45, 7) is 3.52. The molecule has 1 saturated heterocycles. The Kier molecular flexibility index (Phi) is 4.35. The predicted molar refractivity (Wildman–Crippen MR) is 54.9 cm³/mol. The summed E-state index contributed by atoms with van der Waals surface area (Å²) in [6, 6.07) is 0.179. The SMILES string of the molecule is COC(C)CCC(=O)N1CC[C@@H](N)C1. The van der Waals surface area contributed by atoms with Crippen molar-refractivity contribution in [3.8, 4) is 0 Å². The van der Waals surface area contributed by atoms with E-state index in [9.17, 15) is 4.79 Å². The molecule has 4 nitrogen and oxygen atoms in total.